The number of rotatable bonds is 4. The molecule has 2 fully saturated rings. The predicted octanol–water partition coefficient (Wildman–Crippen LogP) is 1.95. The normalized spacial score (nSPS) is 17.9. The average Bonchev–Trinajstić information content (AvgIpc) is 3.24. The summed E-state index contributed by atoms with van der Waals surface area (Å²) < 4.78 is 10.5. The lowest BCUT2D eigenvalue weighted by Gasteiger charge is -2.36. The van der Waals surface area contributed by atoms with Crippen LogP contribution >= 0.6 is 11.3 Å². The number of nitrogens with zero attached hydrogens (tertiary/aromatic N) is 4. The van der Waals surface area contributed by atoms with E-state index in [0.717, 1.165) is 37.1 Å². The number of carbonyl (C=O) groups is 1. The zero-order chi connectivity index (χ0) is 18.6. The lowest BCUT2D eigenvalue weighted by atomic mass is 10.2. The van der Waals surface area contributed by atoms with Gasteiger partial charge >= 0.3 is 0 Å². The van der Waals surface area contributed by atoms with E-state index in [0.29, 0.717) is 32.0 Å². The van der Waals surface area contributed by atoms with Crippen molar-refractivity contribution in [2.24, 2.45) is 0 Å². The van der Waals surface area contributed by atoms with E-state index in [1.807, 2.05) is 22.4 Å². The monoisotopic (exact) mass is 388 g/mol. The minimum Gasteiger partial charge on any atom is -0.497 e. The third-order valence-corrected chi connectivity index (χ3v) is 5.90. The van der Waals surface area contributed by atoms with E-state index < -0.39 is 0 Å². The number of hydrogen-bond acceptors (Lipinski definition) is 7. The molecule has 2 saturated heterocycles. The van der Waals surface area contributed by atoms with Gasteiger partial charge in [-0.2, -0.15) is 0 Å². The van der Waals surface area contributed by atoms with Crippen LogP contribution in [0.1, 0.15) is 10.5 Å². The van der Waals surface area contributed by atoms with E-state index >= 15 is 0 Å². The number of amides is 1. The van der Waals surface area contributed by atoms with Crippen LogP contribution in [0.5, 0.6) is 5.75 Å². The fourth-order valence-electron chi connectivity index (χ4n) is 3.39. The molecule has 4 rings (SSSR count). The predicted molar refractivity (Wildman–Crippen MR) is 106 cm³/mol. The number of anilines is 2. The van der Waals surface area contributed by atoms with E-state index in [2.05, 4.69) is 26.9 Å². The molecule has 8 heteroatoms. The number of piperazine rings is 1. The molecule has 1 aromatic heterocycles. The SMILES string of the molecule is COc1ccc(N2CCN(c3nc(C(=O)N4CCOCC4)cs3)CC2)cc1. The minimum absolute atomic E-state index is 0.0117. The van der Waals surface area contributed by atoms with Crippen molar-refractivity contribution in [3.05, 3.63) is 35.3 Å². The Hall–Kier alpha value is -2.32. The van der Waals surface area contributed by atoms with Gasteiger partial charge in [0.2, 0.25) is 0 Å². The van der Waals surface area contributed by atoms with Gasteiger partial charge in [-0.3, -0.25) is 4.79 Å². The Morgan fingerprint density at radius 3 is 2.37 bits per heavy atom. The van der Waals surface area contributed by atoms with Crippen molar-refractivity contribution in [2.75, 3.05) is 69.4 Å². The molecule has 0 bridgehead atoms. The Kier molecular flexibility index (Phi) is 5.45. The molecule has 1 amide bonds. The number of benzene rings is 1. The van der Waals surface area contributed by atoms with Crippen LogP contribution < -0.4 is 14.5 Å². The number of hydrogen-bond donors (Lipinski definition) is 0. The van der Waals surface area contributed by atoms with Gasteiger partial charge in [0.1, 0.15) is 11.4 Å². The molecule has 2 aliphatic rings. The maximum Gasteiger partial charge on any atom is 0.273 e. The van der Waals surface area contributed by atoms with E-state index in [9.17, 15) is 4.79 Å². The summed E-state index contributed by atoms with van der Waals surface area (Å²) in [6.07, 6.45) is 0. The van der Waals surface area contributed by atoms with Crippen LogP contribution in [0.3, 0.4) is 0 Å². The summed E-state index contributed by atoms with van der Waals surface area (Å²) in [4.78, 5) is 23.6. The summed E-state index contributed by atoms with van der Waals surface area (Å²) in [6, 6.07) is 8.17. The van der Waals surface area contributed by atoms with Crippen LogP contribution in [-0.2, 0) is 4.74 Å². The van der Waals surface area contributed by atoms with Gasteiger partial charge in [-0.05, 0) is 24.3 Å². The second-order valence-corrected chi connectivity index (χ2v) is 7.43. The molecule has 0 saturated carbocycles. The highest BCUT2D eigenvalue weighted by atomic mass is 32.1. The van der Waals surface area contributed by atoms with Gasteiger partial charge in [-0.1, -0.05) is 0 Å². The second kappa shape index (κ2) is 8.14. The Morgan fingerprint density at radius 1 is 1.04 bits per heavy atom. The highest BCUT2D eigenvalue weighted by molar-refractivity contribution is 7.13. The number of carbonyl (C=O) groups excluding carboxylic acids is 1. The van der Waals surface area contributed by atoms with Gasteiger partial charge in [0, 0.05) is 50.3 Å². The molecule has 0 unspecified atom stereocenters. The Bertz CT molecular complexity index is 766. The molecule has 0 radical (unpaired) electrons. The highest BCUT2D eigenvalue weighted by Gasteiger charge is 2.24. The molecule has 1 aromatic carbocycles. The lowest BCUT2D eigenvalue weighted by Crippen LogP contribution is -2.46. The van der Waals surface area contributed by atoms with Crippen molar-refractivity contribution in [1.29, 1.82) is 0 Å². The van der Waals surface area contributed by atoms with E-state index in [4.69, 9.17) is 9.47 Å². The summed E-state index contributed by atoms with van der Waals surface area (Å²) in [5.41, 5.74) is 1.76. The van der Waals surface area contributed by atoms with Gasteiger partial charge < -0.3 is 24.2 Å². The van der Waals surface area contributed by atoms with Crippen molar-refractivity contribution >= 4 is 28.1 Å². The van der Waals surface area contributed by atoms with Gasteiger partial charge in [0.05, 0.1) is 20.3 Å². The molecule has 0 aliphatic carbocycles. The first-order chi connectivity index (χ1) is 13.2. The zero-order valence-electron chi connectivity index (χ0n) is 15.5. The van der Waals surface area contributed by atoms with Crippen LogP contribution in [0.2, 0.25) is 0 Å². The van der Waals surface area contributed by atoms with Crippen LogP contribution in [-0.4, -0.2) is 75.4 Å². The number of morpholine rings is 1. The largest absolute Gasteiger partial charge is 0.497 e. The Labute approximate surface area is 163 Å². The minimum atomic E-state index is 0.0117. The number of ether oxygens (including phenoxy) is 2. The van der Waals surface area contributed by atoms with Crippen LogP contribution in [0, 0.1) is 0 Å². The molecule has 7 nitrogen and oxygen atoms in total. The van der Waals surface area contributed by atoms with Crippen LogP contribution in [0.25, 0.3) is 0 Å². The van der Waals surface area contributed by atoms with E-state index in [1.54, 1.807) is 18.4 Å². The number of aromatic nitrogens is 1. The summed E-state index contributed by atoms with van der Waals surface area (Å²) in [5, 5.41) is 2.81. The molecule has 2 aromatic rings. The number of methoxy groups -OCH3 is 1. The van der Waals surface area contributed by atoms with Gasteiger partial charge in [-0.15, -0.1) is 11.3 Å². The van der Waals surface area contributed by atoms with Gasteiger partial charge in [-0.25, -0.2) is 4.98 Å². The summed E-state index contributed by atoms with van der Waals surface area (Å²) >= 11 is 1.55. The Morgan fingerprint density at radius 2 is 1.70 bits per heavy atom. The zero-order valence-corrected chi connectivity index (χ0v) is 16.3. The van der Waals surface area contributed by atoms with Crippen molar-refractivity contribution in [3.63, 3.8) is 0 Å². The molecule has 27 heavy (non-hydrogen) atoms. The topological polar surface area (TPSA) is 58.1 Å². The average molecular weight is 388 g/mol. The molecule has 0 N–H and O–H groups in total. The third kappa shape index (κ3) is 4.01. The summed E-state index contributed by atoms with van der Waals surface area (Å²) in [5.74, 6) is 0.885. The first-order valence-electron chi connectivity index (χ1n) is 9.21. The lowest BCUT2D eigenvalue weighted by molar-refractivity contribution is 0.0299. The van der Waals surface area contributed by atoms with Crippen LogP contribution in [0.15, 0.2) is 29.6 Å². The fraction of sp³-hybridized carbons (Fsp3) is 0.474. The molecule has 2 aliphatic heterocycles. The molecule has 3 heterocycles. The van der Waals surface area contributed by atoms with Gasteiger partial charge in [0.15, 0.2) is 5.13 Å². The standard InChI is InChI=1S/C19H24N4O3S/c1-25-16-4-2-15(3-5-16)21-6-8-23(9-7-21)19-20-17(14-27-19)18(24)22-10-12-26-13-11-22/h2-5,14H,6-13H2,1H3. The third-order valence-electron chi connectivity index (χ3n) is 5.00. The first kappa shape index (κ1) is 18.1. The first-order valence-corrected chi connectivity index (χ1v) is 10.1. The van der Waals surface area contributed by atoms with Crippen molar-refractivity contribution in [1.82, 2.24) is 9.88 Å². The van der Waals surface area contributed by atoms with E-state index in [1.165, 1.54) is 5.69 Å². The van der Waals surface area contributed by atoms with Crippen molar-refractivity contribution in [3.8, 4) is 5.75 Å². The molecule has 0 atom stereocenters. The Balaban J connectivity index is 1.35. The van der Waals surface area contributed by atoms with Gasteiger partial charge in [0.25, 0.3) is 5.91 Å². The molecule has 0 spiro atoms. The number of thiazole rings is 1. The van der Waals surface area contributed by atoms with Crippen LogP contribution in [0.4, 0.5) is 10.8 Å². The summed E-state index contributed by atoms with van der Waals surface area (Å²) in [7, 11) is 1.68. The van der Waals surface area contributed by atoms with E-state index in [-0.39, 0.29) is 5.91 Å². The molecular weight excluding hydrogens is 364 g/mol. The highest BCUT2D eigenvalue weighted by Crippen LogP contribution is 2.25. The fourth-order valence-corrected chi connectivity index (χ4v) is 4.24. The smallest absolute Gasteiger partial charge is 0.273 e. The van der Waals surface area contributed by atoms with Crippen molar-refractivity contribution < 1.29 is 14.3 Å². The molecular formula is C19H24N4O3S. The second-order valence-electron chi connectivity index (χ2n) is 6.59. The quantitative estimate of drug-likeness (QED) is 0.798. The molecule has 144 valence electrons. The van der Waals surface area contributed by atoms with Crippen molar-refractivity contribution in [2.45, 2.75) is 0 Å². The maximum absolute atomic E-state index is 12.6. The maximum atomic E-state index is 12.6. The summed E-state index contributed by atoms with van der Waals surface area (Å²) in [6.45, 7) is 6.15.